The summed E-state index contributed by atoms with van der Waals surface area (Å²) in [7, 11) is -3.40. The van der Waals surface area contributed by atoms with Crippen molar-refractivity contribution in [1.82, 2.24) is 9.55 Å². The Labute approximate surface area is 133 Å². The molecule has 0 aliphatic heterocycles. The molecular weight excluding hydrogens is 326 g/mol. The summed E-state index contributed by atoms with van der Waals surface area (Å²) in [6, 6.07) is 1.11. The fourth-order valence-corrected chi connectivity index (χ4v) is 3.71. The predicted molar refractivity (Wildman–Crippen MR) is 81.9 cm³/mol. The van der Waals surface area contributed by atoms with Crippen LogP contribution in [0.25, 0.3) is 0 Å². The van der Waals surface area contributed by atoms with Gasteiger partial charge in [0.05, 0.1) is 19.3 Å². The normalized spacial score (nSPS) is 21.4. The van der Waals surface area contributed by atoms with Gasteiger partial charge in [-0.1, -0.05) is 0 Å². The summed E-state index contributed by atoms with van der Waals surface area (Å²) >= 11 is 0. The first kappa shape index (κ1) is 18.0. The van der Waals surface area contributed by atoms with Crippen LogP contribution in [0.15, 0.2) is 35.2 Å². The molecule has 1 aromatic rings. The van der Waals surface area contributed by atoms with Crippen molar-refractivity contribution in [3.8, 4) is 0 Å². The van der Waals surface area contributed by atoms with E-state index in [0.717, 1.165) is 0 Å². The Balaban J connectivity index is 2.01. The first-order valence-electron chi connectivity index (χ1n) is 7.39. The highest BCUT2D eigenvalue weighted by molar-refractivity contribution is 7.53. The number of hydrogen-bond acceptors (Lipinski definition) is 6. The molecular formula is C14H20FN2O5P. The van der Waals surface area contributed by atoms with Crippen LogP contribution in [0.4, 0.5) is 4.39 Å². The molecule has 1 aromatic heterocycles. The van der Waals surface area contributed by atoms with Gasteiger partial charge in [-0.25, -0.2) is 14.2 Å². The molecule has 0 radical (unpaired) electrons. The van der Waals surface area contributed by atoms with Crippen LogP contribution >= 0.6 is 7.60 Å². The van der Waals surface area contributed by atoms with Gasteiger partial charge < -0.3 is 13.8 Å². The highest BCUT2D eigenvalue weighted by Gasteiger charge is 2.33. The third-order valence-electron chi connectivity index (χ3n) is 3.30. The zero-order chi connectivity index (χ0) is 16.9. The van der Waals surface area contributed by atoms with E-state index in [0.29, 0.717) is 0 Å². The summed E-state index contributed by atoms with van der Waals surface area (Å²) in [5.41, 5.74) is -0.462. The van der Waals surface area contributed by atoms with Crippen molar-refractivity contribution in [3.63, 3.8) is 0 Å². The molecule has 0 bridgehead atoms. The summed E-state index contributed by atoms with van der Waals surface area (Å²) in [5.74, 6) is -0.509. The second-order valence-corrected chi connectivity index (χ2v) is 6.89. The summed E-state index contributed by atoms with van der Waals surface area (Å²) in [6.07, 6.45) is 3.21. The lowest BCUT2D eigenvalue weighted by atomic mass is 10.2. The molecule has 0 amide bonds. The standard InChI is InChI=1S/C14H20FN2O5P/c1-3-21-23(19,22-4-2)10-20-13-9-11(8-12(13)15)17-7-5-6-16-14(17)18/h5-8,11,13H,3-4,9-10H2,1-2H3/t11-,13+/m1/s1. The fourth-order valence-electron chi connectivity index (χ4n) is 2.34. The Hall–Kier alpha value is -1.34. The molecule has 9 heteroatoms. The Morgan fingerprint density at radius 2 is 2.09 bits per heavy atom. The number of halogens is 1. The lowest BCUT2D eigenvalue weighted by molar-refractivity contribution is 0.0717. The van der Waals surface area contributed by atoms with Crippen LogP contribution in [-0.4, -0.2) is 35.2 Å². The smallest absolute Gasteiger partial charge is 0.356 e. The summed E-state index contributed by atoms with van der Waals surface area (Å²) in [5, 5.41) is 0. The average Bonchev–Trinajstić information content (AvgIpc) is 2.87. The minimum atomic E-state index is -3.40. The molecule has 0 saturated carbocycles. The first-order chi connectivity index (χ1) is 11.0. The fraction of sp³-hybridized carbons (Fsp3) is 0.571. The number of rotatable bonds is 8. The Kier molecular flexibility index (Phi) is 6.24. The molecule has 1 aliphatic rings. The van der Waals surface area contributed by atoms with E-state index < -0.39 is 31.3 Å². The Bertz CT molecular complexity index is 653. The van der Waals surface area contributed by atoms with E-state index in [1.165, 1.54) is 23.0 Å². The van der Waals surface area contributed by atoms with E-state index in [4.69, 9.17) is 13.8 Å². The van der Waals surface area contributed by atoms with E-state index in [-0.39, 0.29) is 26.0 Å². The van der Waals surface area contributed by atoms with Gasteiger partial charge in [0, 0.05) is 18.8 Å². The van der Waals surface area contributed by atoms with Crippen LogP contribution in [0.2, 0.25) is 0 Å². The monoisotopic (exact) mass is 346 g/mol. The molecule has 1 heterocycles. The minimum absolute atomic E-state index is 0.206. The Morgan fingerprint density at radius 1 is 1.39 bits per heavy atom. The van der Waals surface area contributed by atoms with Crippen molar-refractivity contribution in [2.75, 3.05) is 19.6 Å². The third-order valence-corrected chi connectivity index (χ3v) is 5.06. The number of ether oxygens (including phenoxy) is 1. The van der Waals surface area contributed by atoms with Crippen LogP contribution in [-0.2, 0) is 18.3 Å². The minimum Gasteiger partial charge on any atom is -0.358 e. The van der Waals surface area contributed by atoms with Crippen LogP contribution in [0, 0.1) is 0 Å². The summed E-state index contributed by atoms with van der Waals surface area (Å²) < 4.78 is 43.2. The second kappa shape index (κ2) is 7.97. The van der Waals surface area contributed by atoms with Gasteiger partial charge in [-0.3, -0.25) is 9.13 Å². The van der Waals surface area contributed by atoms with E-state index in [9.17, 15) is 13.8 Å². The molecule has 1 aliphatic carbocycles. The molecule has 128 valence electrons. The van der Waals surface area contributed by atoms with Gasteiger partial charge in [-0.15, -0.1) is 0 Å². The van der Waals surface area contributed by atoms with E-state index in [1.807, 2.05) is 0 Å². The van der Waals surface area contributed by atoms with Gasteiger partial charge in [0.1, 0.15) is 18.3 Å². The van der Waals surface area contributed by atoms with Crippen molar-refractivity contribution in [2.24, 2.45) is 0 Å². The molecule has 7 nitrogen and oxygen atoms in total. The zero-order valence-corrected chi connectivity index (χ0v) is 13.9. The molecule has 0 unspecified atom stereocenters. The van der Waals surface area contributed by atoms with E-state index in [2.05, 4.69) is 4.98 Å². The van der Waals surface area contributed by atoms with E-state index >= 15 is 0 Å². The van der Waals surface area contributed by atoms with Crippen LogP contribution in [0.1, 0.15) is 26.3 Å². The van der Waals surface area contributed by atoms with Gasteiger partial charge >= 0.3 is 13.3 Å². The number of hydrogen-bond donors (Lipinski definition) is 0. The van der Waals surface area contributed by atoms with Gasteiger partial charge in [0.25, 0.3) is 0 Å². The van der Waals surface area contributed by atoms with Gasteiger partial charge in [-0.2, -0.15) is 0 Å². The van der Waals surface area contributed by atoms with Crippen molar-refractivity contribution in [1.29, 1.82) is 0 Å². The number of nitrogens with zero attached hydrogens (tertiary/aromatic N) is 2. The molecule has 0 saturated heterocycles. The maximum atomic E-state index is 14.0. The number of allylic oxidation sites excluding steroid dienone is 1. The SMILES string of the molecule is CCOP(=O)(CO[C@H]1C[C@H](n2cccnc2=O)C=C1F)OCC. The maximum Gasteiger partial charge on any atom is 0.356 e. The van der Waals surface area contributed by atoms with Crippen molar-refractivity contribution in [2.45, 2.75) is 32.4 Å². The molecule has 2 rings (SSSR count). The van der Waals surface area contributed by atoms with Crippen LogP contribution in [0.5, 0.6) is 0 Å². The van der Waals surface area contributed by atoms with Crippen LogP contribution in [0.3, 0.4) is 0 Å². The van der Waals surface area contributed by atoms with E-state index in [1.54, 1.807) is 19.9 Å². The third kappa shape index (κ3) is 4.57. The average molecular weight is 346 g/mol. The van der Waals surface area contributed by atoms with Gasteiger partial charge in [0.2, 0.25) is 0 Å². The second-order valence-electron chi connectivity index (χ2n) is 4.89. The van der Waals surface area contributed by atoms with Crippen molar-refractivity contribution < 1.29 is 22.7 Å². The summed E-state index contributed by atoms with van der Waals surface area (Å²) in [6.45, 7) is 3.79. The van der Waals surface area contributed by atoms with Gasteiger partial charge in [0.15, 0.2) is 0 Å². The van der Waals surface area contributed by atoms with Gasteiger partial charge in [-0.05, 0) is 26.0 Å². The predicted octanol–water partition coefficient (Wildman–Crippen LogP) is 2.65. The quantitative estimate of drug-likeness (QED) is 0.673. The molecule has 2 atom stereocenters. The lowest BCUT2D eigenvalue weighted by Crippen LogP contribution is -2.25. The molecule has 0 fully saturated rings. The summed E-state index contributed by atoms with van der Waals surface area (Å²) in [4.78, 5) is 15.3. The molecule has 0 aromatic carbocycles. The van der Waals surface area contributed by atoms with Crippen molar-refractivity contribution >= 4 is 7.60 Å². The first-order valence-corrected chi connectivity index (χ1v) is 9.12. The highest BCUT2D eigenvalue weighted by atomic mass is 31.2. The lowest BCUT2D eigenvalue weighted by Gasteiger charge is -2.20. The zero-order valence-electron chi connectivity index (χ0n) is 13.1. The maximum absolute atomic E-state index is 14.0. The molecule has 23 heavy (non-hydrogen) atoms. The topological polar surface area (TPSA) is 79.7 Å². The Morgan fingerprint density at radius 3 is 2.70 bits per heavy atom. The highest BCUT2D eigenvalue weighted by Crippen LogP contribution is 2.49. The van der Waals surface area contributed by atoms with Crippen LogP contribution < -0.4 is 5.69 Å². The van der Waals surface area contributed by atoms with Crippen molar-refractivity contribution in [3.05, 3.63) is 40.8 Å². The largest absolute Gasteiger partial charge is 0.358 e. The molecule has 0 N–H and O–H groups in total. The number of aromatic nitrogens is 2. The molecule has 0 spiro atoms.